The van der Waals surface area contributed by atoms with Gasteiger partial charge in [-0.1, -0.05) is 18.2 Å². The number of esters is 1. The molecule has 0 unspecified atom stereocenters. The van der Waals surface area contributed by atoms with Crippen LogP contribution in [0.4, 0.5) is 4.39 Å². The van der Waals surface area contributed by atoms with Crippen LogP contribution in [-0.2, 0) is 4.74 Å². The molecule has 0 saturated heterocycles. The van der Waals surface area contributed by atoms with Crippen LogP contribution in [0.2, 0.25) is 0 Å². The summed E-state index contributed by atoms with van der Waals surface area (Å²) in [6, 6.07) is 14.1. The number of aromatic amines is 1. The molecule has 4 rings (SSSR count). The highest BCUT2D eigenvalue weighted by atomic mass is 19.1. The third-order valence-electron chi connectivity index (χ3n) is 3.98. The highest BCUT2D eigenvalue weighted by Gasteiger charge is 2.16. The van der Waals surface area contributed by atoms with Crippen LogP contribution in [0.5, 0.6) is 0 Å². The molecule has 3 aromatic carbocycles. The lowest BCUT2D eigenvalue weighted by Gasteiger charge is -2.07. The van der Waals surface area contributed by atoms with E-state index in [4.69, 9.17) is 4.74 Å². The summed E-state index contributed by atoms with van der Waals surface area (Å²) in [5.74, 6) is -0.851. The summed E-state index contributed by atoms with van der Waals surface area (Å²) in [5, 5.41) is 3.30. The number of benzene rings is 3. The number of carbonyl (C=O) groups is 1. The molecule has 0 spiro atoms. The summed E-state index contributed by atoms with van der Waals surface area (Å²) >= 11 is 0. The van der Waals surface area contributed by atoms with Gasteiger partial charge < -0.3 is 9.72 Å². The van der Waals surface area contributed by atoms with Gasteiger partial charge >= 0.3 is 5.97 Å². The number of para-hydroxylation sites is 1. The molecule has 0 atom stereocenters. The maximum absolute atomic E-state index is 13.6. The second kappa shape index (κ2) is 4.56. The zero-order valence-corrected chi connectivity index (χ0v) is 11.8. The number of halogens is 1. The number of H-pyrrole nitrogens is 1. The minimum absolute atomic E-state index is 0.370. The van der Waals surface area contributed by atoms with E-state index in [9.17, 15) is 9.18 Å². The standard InChI is InChI=1S/C18H12FNO2/c1-22-18(21)15-9-14-11-4-2-3-5-16(11)20-17(14)12-7-6-10(19)8-13(12)15/h2-9,20H,1H3. The first-order valence-electron chi connectivity index (χ1n) is 6.90. The molecule has 0 amide bonds. The summed E-state index contributed by atoms with van der Waals surface area (Å²) in [7, 11) is 1.33. The van der Waals surface area contributed by atoms with Crippen molar-refractivity contribution in [3.63, 3.8) is 0 Å². The Hall–Kier alpha value is -2.88. The van der Waals surface area contributed by atoms with Crippen molar-refractivity contribution >= 4 is 38.5 Å². The minimum Gasteiger partial charge on any atom is -0.465 e. The van der Waals surface area contributed by atoms with Gasteiger partial charge in [-0.15, -0.1) is 0 Å². The molecule has 4 aromatic rings. The summed E-state index contributed by atoms with van der Waals surface area (Å²) in [6.45, 7) is 0. The van der Waals surface area contributed by atoms with Gasteiger partial charge in [-0.05, 0) is 30.3 Å². The Morgan fingerprint density at radius 3 is 2.64 bits per heavy atom. The van der Waals surface area contributed by atoms with Crippen LogP contribution in [0, 0.1) is 5.82 Å². The molecule has 1 aromatic heterocycles. The monoisotopic (exact) mass is 293 g/mol. The summed E-state index contributed by atoms with van der Waals surface area (Å²) in [4.78, 5) is 15.4. The van der Waals surface area contributed by atoms with E-state index in [0.29, 0.717) is 10.9 Å². The largest absolute Gasteiger partial charge is 0.465 e. The highest BCUT2D eigenvalue weighted by molar-refractivity contribution is 6.21. The van der Waals surface area contributed by atoms with Crippen LogP contribution in [0.1, 0.15) is 10.4 Å². The Kier molecular flexibility index (Phi) is 2.66. The van der Waals surface area contributed by atoms with Gasteiger partial charge in [0.05, 0.1) is 18.2 Å². The number of fused-ring (bicyclic) bond motifs is 5. The molecule has 0 saturated carbocycles. The number of methoxy groups -OCH3 is 1. The van der Waals surface area contributed by atoms with E-state index >= 15 is 0 Å². The molecule has 0 aliphatic carbocycles. The van der Waals surface area contributed by atoms with Gasteiger partial charge in [-0.3, -0.25) is 0 Å². The Labute approximate surface area is 125 Å². The van der Waals surface area contributed by atoms with Crippen molar-refractivity contribution < 1.29 is 13.9 Å². The molecule has 108 valence electrons. The van der Waals surface area contributed by atoms with Gasteiger partial charge in [0.15, 0.2) is 0 Å². The number of hydrogen-bond acceptors (Lipinski definition) is 2. The first-order chi connectivity index (χ1) is 10.7. The molecule has 1 heterocycles. The van der Waals surface area contributed by atoms with Crippen LogP contribution in [-0.4, -0.2) is 18.1 Å². The molecule has 3 nitrogen and oxygen atoms in total. The summed E-state index contributed by atoms with van der Waals surface area (Å²) in [6.07, 6.45) is 0. The van der Waals surface area contributed by atoms with E-state index in [0.717, 1.165) is 27.2 Å². The van der Waals surface area contributed by atoms with Gasteiger partial charge in [0.25, 0.3) is 0 Å². The Morgan fingerprint density at radius 1 is 1.00 bits per heavy atom. The van der Waals surface area contributed by atoms with Crippen LogP contribution in [0.3, 0.4) is 0 Å². The van der Waals surface area contributed by atoms with Gasteiger partial charge in [0.2, 0.25) is 0 Å². The van der Waals surface area contributed by atoms with Crippen LogP contribution in [0.25, 0.3) is 32.6 Å². The second-order valence-corrected chi connectivity index (χ2v) is 5.20. The van der Waals surface area contributed by atoms with E-state index < -0.39 is 5.97 Å². The zero-order chi connectivity index (χ0) is 15.3. The maximum Gasteiger partial charge on any atom is 0.338 e. The number of carbonyl (C=O) groups excluding carboxylic acids is 1. The maximum atomic E-state index is 13.6. The fraction of sp³-hybridized carbons (Fsp3) is 0.0556. The van der Waals surface area contributed by atoms with Gasteiger partial charge in [-0.25, -0.2) is 9.18 Å². The van der Waals surface area contributed by atoms with Crippen molar-refractivity contribution in [2.24, 2.45) is 0 Å². The van der Waals surface area contributed by atoms with E-state index in [1.807, 2.05) is 24.3 Å². The predicted octanol–water partition coefficient (Wildman–Crippen LogP) is 4.40. The van der Waals surface area contributed by atoms with Crippen molar-refractivity contribution in [1.82, 2.24) is 4.98 Å². The fourth-order valence-electron chi connectivity index (χ4n) is 2.98. The van der Waals surface area contributed by atoms with E-state index in [-0.39, 0.29) is 5.82 Å². The minimum atomic E-state index is -0.470. The van der Waals surface area contributed by atoms with Crippen LogP contribution < -0.4 is 0 Å². The van der Waals surface area contributed by atoms with Crippen molar-refractivity contribution in [2.45, 2.75) is 0 Å². The molecule has 0 radical (unpaired) electrons. The van der Waals surface area contributed by atoms with Crippen molar-refractivity contribution in [3.05, 3.63) is 59.9 Å². The van der Waals surface area contributed by atoms with Crippen molar-refractivity contribution in [2.75, 3.05) is 7.11 Å². The lowest BCUT2D eigenvalue weighted by Crippen LogP contribution is -2.02. The molecule has 0 fully saturated rings. The fourth-order valence-corrected chi connectivity index (χ4v) is 2.98. The average molecular weight is 293 g/mol. The molecule has 4 heteroatoms. The number of nitrogens with one attached hydrogen (secondary N) is 1. The smallest absolute Gasteiger partial charge is 0.338 e. The Bertz CT molecular complexity index is 1050. The number of hydrogen-bond donors (Lipinski definition) is 1. The lowest BCUT2D eigenvalue weighted by molar-refractivity contribution is 0.0603. The quantitative estimate of drug-likeness (QED) is 0.528. The SMILES string of the molecule is COC(=O)c1cc2c3ccccc3[nH]c2c2ccc(F)cc12. The third kappa shape index (κ3) is 1.70. The first kappa shape index (κ1) is 12.8. The highest BCUT2D eigenvalue weighted by Crippen LogP contribution is 2.34. The summed E-state index contributed by atoms with van der Waals surface area (Å²) in [5.41, 5.74) is 2.24. The lowest BCUT2D eigenvalue weighted by atomic mass is 10.00. The first-order valence-corrected chi connectivity index (χ1v) is 6.90. The van der Waals surface area contributed by atoms with Gasteiger partial charge in [0, 0.05) is 27.1 Å². The number of ether oxygens (including phenoxy) is 1. The summed E-state index contributed by atoms with van der Waals surface area (Å²) < 4.78 is 18.5. The Balaban J connectivity index is 2.26. The van der Waals surface area contributed by atoms with E-state index in [1.54, 1.807) is 12.1 Å². The van der Waals surface area contributed by atoms with Crippen LogP contribution in [0.15, 0.2) is 48.5 Å². The van der Waals surface area contributed by atoms with Crippen molar-refractivity contribution in [3.8, 4) is 0 Å². The van der Waals surface area contributed by atoms with Gasteiger partial charge in [-0.2, -0.15) is 0 Å². The third-order valence-corrected chi connectivity index (χ3v) is 3.98. The molecule has 0 aliphatic heterocycles. The topological polar surface area (TPSA) is 42.1 Å². The normalized spacial score (nSPS) is 11.4. The van der Waals surface area contributed by atoms with Gasteiger partial charge in [0.1, 0.15) is 5.82 Å². The molecule has 22 heavy (non-hydrogen) atoms. The molecule has 0 aliphatic rings. The average Bonchev–Trinajstić information content (AvgIpc) is 2.91. The molecular formula is C18H12FNO2. The molecule has 1 N–H and O–H groups in total. The Morgan fingerprint density at radius 2 is 1.82 bits per heavy atom. The molecular weight excluding hydrogens is 281 g/mol. The number of aromatic nitrogens is 1. The predicted molar refractivity (Wildman–Crippen MR) is 84.6 cm³/mol. The van der Waals surface area contributed by atoms with E-state index in [1.165, 1.54) is 19.2 Å². The number of rotatable bonds is 1. The van der Waals surface area contributed by atoms with E-state index in [2.05, 4.69) is 4.98 Å². The van der Waals surface area contributed by atoms with Crippen LogP contribution >= 0.6 is 0 Å². The molecule has 0 bridgehead atoms. The van der Waals surface area contributed by atoms with Crippen molar-refractivity contribution in [1.29, 1.82) is 0 Å². The zero-order valence-electron chi connectivity index (χ0n) is 11.8. The second-order valence-electron chi connectivity index (χ2n) is 5.20.